The van der Waals surface area contributed by atoms with Crippen LogP contribution in [-0.4, -0.2) is 34.0 Å². The van der Waals surface area contributed by atoms with E-state index in [0.29, 0.717) is 22.4 Å². The van der Waals surface area contributed by atoms with E-state index in [4.69, 9.17) is 28.6 Å². The Morgan fingerprint density at radius 1 is 1.19 bits per heavy atom. The number of likely N-dealkylation sites (N-methyl/N-ethyl adjacent to an activating group) is 1. The Morgan fingerprint density at radius 3 is 2.52 bits per heavy atom. The van der Waals surface area contributed by atoms with Crippen molar-refractivity contribution < 1.29 is 9.53 Å². The molecule has 0 saturated carbocycles. The molecule has 0 unspecified atom stereocenters. The van der Waals surface area contributed by atoms with E-state index >= 15 is 0 Å². The monoisotopic (exact) mass is 435 g/mol. The summed E-state index contributed by atoms with van der Waals surface area (Å²) in [7, 11) is 0. The first-order valence-corrected chi connectivity index (χ1v) is 11.0. The number of nitrogens with zero attached hydrogens (tertiary/aromatic N) is 1. The average molecular weight is 436 g/mol. The van der Waals surface area contributed by atoms with Gasteiger partial charge in [-0.1, -0.05) is 47.7 Å². The van der Waals surface area contributed by atoms with Crippen LogP contribution >= 0.6 is 47.3 Å². The van der Waals surface area contributed by atoms with Crippen LogP contribution in [0.3, 0.4) is 0 Å². The molecule has 140 valence electrons. The summed E-state index contributed by atoms with van der Waals surface area (Å²) in [5.41, 5.74) is 0.953. The second-order valence-corrected chi connectivity index (χ2v) is 8.93. The van der Waals surface area contributed by atoms with Crippen molar-refractivity contribution >= 4 is 63.6 Å². The van der Waals surface area contributed by atoms with Gasteiger partial charge in [-0.15, -0.1) is 11.8 Å². The third-order valence-electron chi connectivity index (χ3n) is 3.80. The van der Waals surface area contributed by atoms with Gasteiger partial charge in [-0.3, -0.25) is 9.69 Å². The Morgan fingerprint density at radius 2 is 1.89 bits per heavy atom. The number of hydrogen-bond acceptors (Lipinski definition) is 5. The molecule has 3 rings (SSSR count). The molecule has 1 aliphatic heterocycles. The molecule has 3 nitrogen and oxygen atoms in total. The first-order chi connectivity index (χ1) is 13.1. The summed E-state index contributed by atoms with van der Waals surface area (Å²) in [5.74, 6) is 1.64. The molecule has 0 radical (unpaired) electrons. The minimum absolute atomic E-state index is 0.0212. The number of hydrogen-bond donors (Lipinski definition) is 0. The smallest absolute Gasteiger partial charge is 0.266 e. The predicted molar refractivity (Wildman–Crippen MR) is 120 cm³/mol. The molecular formula is C20H18ClNO2S3. The van der Waals surface area contributed by atoms with Crippen LogP contribution in [0.25, 0.3) is 6.08 Å². The van der Waals surface area contributed by atoms with E-state index in [2.05, 4.69) is 0 Å². The first-order valence-electron chi connectivity index (χ1n) is 8.43. The van der Waals surface area contributed by atoms with Crippen LogP contribution < -0.4 is 4.74 Å². The van der Waals surface area contributed by atoms with Gasteiger partial charge in [0.15, 0.2) is 0 Å². The molecule has 1 aliphatic rings. The zero-order valence-electron chi connectivity index (χ0n) is 14.7. The largest absolute Gasteiger partial charge is 0.493 e. The van der Waals surface area contributed by atoms with Gasteiger partial charge in [-0.2, -0.15) is 0 Å². The van der Waals surface area contributed by atoms with E-state index < -0.39 is 0 Å². The fourth-order valence-corrected chi connectivity index (χ4v) is 4.68. The van der Waals surface area contributed by atoms with E-state index in [-0.39, 0.29) is 5.91 Å². The minimum atomic E-state index is -0.0212. The number of benzene rings is 2. The van der Waals surface area contributed by atoms with Crippen LogP contribution in [0.4, 0.5) is 0 Å². The second-order valence-electron chi connectivity index (χ2n) is 5.65. The van der Waals surface area contributed by atoms with Crippen molar-refractivity contribution in [2.24, 2.45) is 0 Å². The van der Waals surface area contributed by atoms with Crippen LogP contribution in [0.5, 0.6) is 5.75 Å². The Labute approximate surface area is 178 Å². The minimum Gasteiger partial charge on any atom is -0.493 e. The molecule has 2 aromatic rings. The zero-order chi connectivity index (χ0) is 19.2. The third-order valence-corrected chi connectivity index (χ3v) is 6.41. The Balaban J connectivity index is 1.50. The molecule has 1 amide bonds. The first kappa shape index (κ1) is 20.3. The molecule has 1 heterocycles. The normalized spacial score (nSPS) is 15.6. The van der Waals surface area contributed by atoms with Gasteiger partial charge in [0.2, 0.25) is 0 Å². The standard InChI is InChI=1S/C20H18ClNO2S3/c1-2-22-19(23)18(27-20(22)25)13-14-3-7-16(8-4-14)24-11-12-26-17-9-5-15(21)6-10-17/h3-10,13H,2,11-12H2,1H3/b18-13-. The highest BCUT2D eigenvalue weighted by atomic mass is 35.5. The number of amides is 1. The van der Waals surface area contributed by atoms with Gasteiger partial charge < -0.3 is 4.74 Å². The van der Waals surface area contributed by atoms with Gasteiger partial charge in [0.05, 0.1) is 11.5 Å². The maximum absolute atomic E-state index is 12.2. The maximum atomic E-state index is 12.2. The summed E-state index contributed by atoms with van der Waals surface area (Å²) < 4.78 is 6.40. The van der Waals surface area contributed by atoms with Gasteiger partial charge in [-0.05, 0) is 55.0 Å². The molecular weight excluding hydrogens is 418 g/mol. The molecule has 0 atom stereocenters. The highest BCUT2D eigenvalue weighted by Crippen LogP contribution is 2.32. The lowest BCUT2D eigenvalue weighted by atomic mass is 10.2. The Hall–Kier alpha value is -1.47. The molecule has 2 aromatic carbocycles. The summed E-state index contributed by atoms with van der Waals surface area (Å²) in [6, 6.07) is 15.5. The van der Waals surface area contributed by atoms with E-state index in [9.17, 15) is 4.79 Å². The second kappa shape index (κ2) is 9.64. The van der Waals surface area contributed by atoms with E-state index in [0.717, 1.165) is 22.1 Å². The van der Waals surface area contributed by atoms with Crippen LogP contribution in [0.1, 0.15) is 12.5 Å². The lowest BCUT2D eigenvalue weighted by Crippen LogP contribution is -2.27. The fourth-order valence-electron chi connectivity index (χ4n) is 2.43. The van der Waals surface area contributed by atoms with Crippen molar-refractivity contribution in [2.75, 3.05) is 18.9 Å². The van der Waals surface area contributed by atoms with Crippen molar-refractivity contribution in [2.45, 2.75) is 11.8 Å². The van der Waals surface area contributed by atoms with Crippen molar-refractivity contribution in [1.29, 1.82) is 0 Å². The lowest BCUT2D eigenvalue weighted by Gasteiger charge is -2.09. The Kier molecular flexibility index (Phi) is 7.24. The van der Waals surface area contributed by atoms with Crippen molar-refractivity contribution in [1.82, 2.24) is 4.90 Å². The van der Waals surface area contributed by atoms with Gasteiger partial charge in [0, 0.05) is 22.2 Å². The van der Waals surface area contributed by atoms with E-state index in [1.54, 1.807) is 16.7 Å². The SMILES string of the molecule is CCN1C(=O)/C(=C/c2ccc(OCCSc3ccc(Cl)cc3)cc2)SC1=S. The number of rotatable bonds is 7. The van der Waals surface area contributed by atoms with Gasteiger partial charge >= 0.3 is 0 Å². The van der Waals surface area contributed by atoms with Crippen LogP contribution in [-0.2, 0) is 4.79 Å². The van der Waals surface area contributed by atoms with E-state index in [1.807, 2.05) is 61.5 Å². The predicted octanol–water partition coefficient (Wildman–Crippen LogP) is 5.73. The molecule has 0 aliphatic carbocycles. The highest BCUT2D eigenvalue weighted by Gasteiger charge is 2.30. The molecule has 1 saturated heterocycles. The highest BCUT2D eigenvalue weighted by molar-refractivity contribution is 8.26. The fraction of sp³-hybridized carbons (Fsp3) is 0.200. The van der Waals surface area contributed by atoms with Crippen molar-refractivity contribution in [3.63, 3.8) is 0 Å². The quantitative estimate of drug-likeness (QED) is 0.240. The summed E-state index contributed by atoms with van der Waals surface area (Å²) in [4.78, 5) is 15.7. The van der Waals surface area contributed by atoms with Crippen LogP contribution in [0, 0.1) is 0 Å². The molecule has 0 bridgehead atoms. The van der Waals surface area contributed by atoms with Crippen LogP contribution in [0.15, 0.2) is 58.3 Å². The van der Waals surface area contributed by atoms with Gasteiger partial charge in [0.1, 0.15) is 10.1 Å². The number of ether oxygens (including phenoxy) is 1. The third kappa shape index (κ3) is 5.51. The average Bonchev–Trinajstić information content (AvgIpc) is 2.94. The van der Waals surface area contributed by atoms with Gasteiger partial charge in [0.25, 0.3) is 5.91 Å². The summed E-state index contributed by atoms with van der Waals surface area (Å²) in [6.45, 7) is 3.13. The van der Waals surface area contributed by atoms with Crippen LogP contribution in [0.2, 0.25) is 5.02 Å². The molecule has 0 N–H and O–H groups in total. The summed E-state index contributed by atoms with van der Waals surface area (Å²) in [5, 5.41) is 0.743. The van der Waals surface area contributed by atoms with Crippen molar-refractivity contribution in [3.05, 3.63) is 64.0 Å². The topological polar surface area (TPSA) is 29.5 Å². The number of carbonyl (C=O) groups excluding carboxylic acids is 1. The zero-order valence-corrected chi connectivity index (χ0v) is 17.9. The molecule has 7 heteroatoms. The Bertz CT molecular complexity index is 851. The summed E-state index contributed by atoms with van der Waals surface area (Å²) in [6.07, 6.45) is 1.87. The molecule has 0 spiro atoms. The number of carbonyl (C=O) groups is 1. The van der Waals surface area contributed by atoms with E-state index in [1.165, 1.54) is 16.7 Å². The lowest BCUT2D eigenvalue weighted by molar-refractivity contribution is -0.121. The number of halogens is 1. The van der Waals surface area contributed by atoms with Gasteiger partial charge in [-0.25, -0.2) is 0 Å². The molecule has 27 heavy (non-hydrogen) atoms. The summed E-state index contributed by atoms with van der Waals surface area (Å²) >= 11 is 14.2. The number of thioether (sulfide) groups is 2. The maximum Gasteiger partial charge on any atom is 0.266 e. The molecule has 1 fully saturated rings. The molecule has 0 aromatic heterocycles. The number of thiocarbonyl (C=S) groups is 1. The van der Waals surface area contributed by atoms with Crippen molar-refractivity contribution in [3.8, 4) is 5.75 Å².